The molecule has 0 saturated carbocycles. The van der Waals surface area contributed by atoms with Crippen molar-refractivity contribution in [1.82, 2.24) is 0 Å². The molecule has 0 aromatic heterocycles. The Balaban J connectivity index is 1.70. The summed E-state index contributed by atoms with van der Waals surface area (Å²) >= 11 is 0. The Kier molecular flexibility index (Phi) is 3.90. The van der Waals surface area contributed by atoms with E-state index >= 15 is 0 Å². The summed E-state index contributed by atoms with van der Waals surface area (Å²) in [6, 6.07) is 11.4. The predicted molar refractivity (Wildman–Crippen MR) is 91.3 cm³/mol. The van der Waals surface area contributed by atoms with Crippen molar-refractivity contribution < 1.29 is 9.13 Å². The number of rotatable bonds is 3. The lowest BCUT2D eigenvalue weighted by molar-refractivity contribution is 0.355. The molecule has 1 aliphatic heterocycles. The van der Waals surface area contributed by atoms with Crippen molar-refractivity contribution in [3.63, 3.8) is 0 Å². The van der Waals surface area contributed by atoms with Crippen LogP contribution in [-0.4, -0.2) is 6.61 Å². The molecule has 0 saturated heterocycles. The zero-order valence-corrected chi connectivity index (χ0v) is 13.3. The molecule has 1 aliphatic carbocycles. The molecule has 0 atom stereocenters. The number of benzene rings is 2. The molecule has 0 fully saturated rings. The van der Waals surface area contributed by atoms with Crippen molar-refractivity contribution in [2.75, 3.05) is 6.61 Å². The Morgan fingerprint density at radius 2 is 1.83 bits per heavy atom. The molecule has 2 aromatic carbocycles. The number of hydrogen-bond donors (Lipinski definition) is 0. The van der Waals surface area contributed by atoms with Crippen LogP contribution in [0.25, 0.3) is 5.57 Å². The molecule has 1 heterocycles. The van der Waals surface area contributed by atoms with Gasteiger partial charge in [-0.05, 0) is 72.6 Å². The van der Waals surface area contributed by atoms with Crippen molar-refractivity contribution in [3.8, 4) is 5.75 Å². The largest absolute Gasteiger partial charge is 0.492 e. The molecule has 2 aromatic rings. The summed E-state index contributed by atoms with van der Waals surface area (Å²) in [6.45, 7) is 0.787. The predicted octanol–water partition coefficient (Wildman–Crippen LogP) is 5.31. The van der Waals surface area contributed by atoms with Crippen molar-refractivity contribution in [2.45, 2.75) is 38.5 Å². The Hall–Kier alpha value is -2.09. The van der Waals surface area contributed by atoms with E-state index in [1.807, 2.05) is 12.1 Å². The SMILES string of the molecule is Fc1ccc(Cc2cc3c(c(C4=CCCCC4)c2)OCC3)cc1. The number of ether oxygens (including phenoxy) is 1. The first-order valence-electron chi connectivity index (χ1n) is 8.52. The Bertz CT molecular complexity index is 743. The topological polar surface area (TPSA) is 9.23 Å². The van der Waals surface area contributed by atoms with E-state index in [4.69, 9.17) is 4.74 Å². The highest BCUT2D eigenvalue weighted by Gasteiger charge is 2.21. The number of halogens is 1. The van der Waals surface area contributed by atoms with Crippen molar-refractivity contribution in [2.24, 2.45) is 0 Å². The smallest absolute Gasteiger partial charge is 0.130 e. The van der Waals surface area contributed by atoms with Crippen LogP contribution in [-0.2, 0) is 12.8 Å². The lowest BCUT2D eigenvalue weighted by Gasteiger charge is -2.17. The molecule has 23 heavy (non-hydrogen) atoms. The Labute approximate surface area is 136 Å². The Morgan fingerprint density at radius 1 is 0.957 bits per heavy atom. The summed E-state index contributed by atoms with van der Waals surface area (Å²) in [7, 11) is 0. The van der Waals surface area contributed by atoms with Gasteiger partial charge < -0.3 is 4.74 Å². The second kappa shape index (κ2) is 6.19. The summed E-state index contributed by atoms with van der Waals surface area (Å²) < 4.78 is 19.0. The van der Waals surface area contributed by atoms with Gasteiger partial charge in [-0.15, -0.1) is 0 Å². The minimum Gasteiger partial charge on any atom is -0.492 e. The highest BCUT2D eigenvalue weighted by Crippen LogP contribution is 2.39. The Morgan fingerprint density at radius 3 is 2.61 bits per heavy atom. The van der Waals surface area contributed by atoms with Crippen molar-refractivity contribution >= 4 is 5.57 Å². The van der Waals surface area contributed by atoms with Gasteiger partial charge in [0.15, 0.2) is 0 Å². The first-order chi connectivity index (χ1) is 11.3. The van der Waals surface area contributed by atoms with Gasteiger partial charge >= 0.3 is 0 Å². The molecule has 118 valence electrons. The van der Waals surface area contributed by atoms with Gasteiger partial charge in [-0.2, -0.15) is 0 Å². The molecule has 1 nitrogen and oxygen atoms in total. The summed E-state index contributed by atoms with van der Waals surface area (Å²) in [5.41, 5.74) is 6.49. The maximum absolute atomic E-state index is 13.1. The van der Waals surface area contributed by atoms with Gasteiger partial charge in [-0.3, -0.25) is 0 Å². The van der Waals surface area contributed by atoms with E-state index in [2.05, 4.69) is 18.2 Å². The molecular formula is C21H21FO. The molecule has 0 unspecified atom stereocenters. The summed E-state index contributed by atoms with van der Waals surface area (Å²) in [6.07, 6.45) is 9.09. The first-order valence-corrected chi connectivity index (χ1v) is 8.52. The minimum atomic E-state index is -0.177. The van der Waals surface area contributed by atoms with Gasteiger partial charge in [-0.1, -0.05) is 24.3 Å². The lowest BCUT2D eigenvalue weighted by Crippen LogP contribution is -1.98. The van der Waals surface area contributed by atoms with Crippen molar-refractivity contribution in [3.05, 3.63) is 70.5 Å². The van der Waals surface area contributed by atoms with Crippen LogP contribution in [0.5, 0.6) is 5.75 Å². The molecular weight excluding hydrogens is 287 g/mol. The maximum atomic E-state index is 13.1. The normalized spacial score (nSPS) is 16.7. The summed E-state index contributed by atoms with van der Waals surface area (Å²) in [5, 5.41) is 0. The van der Waals surface area contributed by atoms with Crippen LogP contribution >= 0.6 is 0 Å². The van der Waals surface area contributed by atoms with Gasteiger partial charge in [0, 0.05) is 12.0 Å². The third-order valence-corrected chi connectivity index (χ3v) is 4.80. The monoisotopic (exact) mass is 308 g/mol. The van der Waals surface area contributed by atoms with E-state index in [-0.39, 0.29) is 5.82 Å². The maximum Gasteiger partial charge on any atom is 0.130 e. The fourth-order valence-electron chi connectivity index (χ4n) is 3.64. The third kappa shape index (κ3) is 3.03. The first kappa shape index (κ1) is 14.5. The number of hydrogen-bond acceptors (Lipinski definition) is 1. The second-order valence-corrected chi connectivity index (χ2v) is 6.51. The van der Waals surface area contributed by atoms with Crippen LogP contribution in [0.2, 0.25) is 0 Å². The highest BCUT2D eigenvalue weighted by molar-refractivity contribution is 5.73. The zero-order chi connectivity index (χ0) is 15.6. The van der Waals surface area contributed by atoms with Gasteiger partial charge in [-0.25, -0.2) is 4.39 Å². The van der Waals surface area contributed by atoms with Gasteiger partial charge in [0.1, 0.15) is 11.6 Å². The third-order valence-electron chi connectivity index (χ3n) is 4.80. The van der Waals surface area contributed by atoms with Gasteiger partial charge in [0.25, 0.3) is 0 Å². The van der Waals surface area contributed by atoms with Crippen LogP contribution < -0.4 is 4.74 Å². The van der Waals surface area contributed by atoms with E-state index in [0.717, 1.165) is 37.2 Å². The van der Waals surface area contributed by atoms with E-state index in [1.165, 1.54) is 53.7 Å². The lowest BCUT2D eigenvalue weighted by atomic mass is 9.89. The molecule has 0 N–H and O–H groups in total. The van der Waals surface area contributed by atoms with E-state index in [0.29, 0.717) is 0 Å². The van der Waals surface area contributed by atoms with E-state index < -0.39 is 0 Å². The zero-order valence-electron chi connectivity index (χ0n) is 13.3. The van der Waals surface area contributed by atoms with Crippen LogP contribution in [0.1, 0.15) is 47.9 Å². The van der Waals surface area contributed by atoms with Gasteiger partial charge in [0.05, 0.1) is 6.61 Å². The van der Waals surface area contributed by atoms with Crippen LogP contribution in [0.15, 0.2) is 42.5 Å². The van der Waals surface area contributed by atoms with E-state index in [9.17, 15) is 4.39 Å². The molecule has 2 aliphatic rings. The fraction of sp³-hybridized carbons (Fsp3) is 0.333. The average molecular weight is 308 g/mol. The van der Waals surface area contributed by atoms with Crippen LogP contribution in [0.4, 0.5) is 4.39 Å². The molecule has 2 heteroatoms. The van der Waals surface area contributed by atoms with Gasteiger partial charge in [0.2, 0.25) is 0 Å². The minimum absolute atomic E-state index is 0.177. The molecule has 4 rings (SSSR count). The van der Waals surface area contributed by atoms with Crippen molar-refractivity contribution in [1.29, 1.82) is 0 Å². The van der Waals surface area contributed by atoms with Crippen LogP contribution in [0.3, 0.4) is 0 Å². The summed E-state index contributed by atoms with van der Waals surface area (Å²) in [4.78, 5) is 0. The second-order valence-electron chi connectivity index (χ2n) is 6.51. The molecule has 0 spiro atoms. The number of fused-ring (bicyclic) bond motifs is 1. The fourth-order valence-corrected chi connectivity index (χ4v) is 3.64. The highest BCUT2D eigenvalue weighted by atomic mass is 19.1. The average Bonchev–Trinajstić information content (AvgIpc) is 3.05. The molecule has 0 bridgehead atoms. The quantitative estimate of drug-likeness (QED) is 0.746. The molecule has 0 amide bonds. The standard InChI is InChI=1S/C21H21FO/c22-19-8-6-15(7-9-19)12-16-13-18-10-11-23-21(18)20(14-16)17-4-2-1-3-5-17/h4,6-9,13-14H,1-3,5,10-12H2. The molecule has 0 radical (unpaired) electrons. The number of allylic oxidation sites excluding steroid dienone is 2. The van der Waals surface area contributed by atoms with E-state index in [1.54, 1.807) is 0 Å². The van der Waals surface area contributed by atoms with Crippen LogP contribution in [0, 0.1) is 5.82 Å². The summed E-state index contributed by atoms with van der Waals surface area (Å²) in [5.74, 6) is 0.921.